The normalized spacial score (nSPS) is 10.3. The van der Waals surface area contributed by atoms with Gasteiger partial charge in [0.05, 0.1) is 0 Å². The molecule has 0 spiro atoms. The molecule has 0 saturated carbocycles. The van der Waals surface area contributed by atoms with Crippen molar-refractivity contribution in [3.8, 4) is 0 Å². The van der Waals surface area contributed by atoms with Crippen LogP contribution in [0.5, 0.6) is 0 Å². The fourth-order valence-corrected chi connectivity index (χ4v) is 1.76. The first kappa shape index (κ1) is 8.83. The van der Waals surface area contributed by atoms with E-state index in [0.717, 1.165) is 6.42 Å². The lowest BCUT2D eigenvalue weighted by molar-refractivity contribution is 0.968. The molecule has 2 nitrogen and oxygen atoms in total. The summed E-state index contributed by atoms with van der Waals surface area (Å²) in [5.74, 6) is 0. The number of benzene rings is 1. The summed E-state index contributed by atoms with van der Waals surface area (Å²) in [5, 5.41) is 1.28. The van der Waals surface area contributed by atoms with Crippen molar-refractivity contribution in [1.29, 1.82) is 0 Å². The lowest BCUT2D eigenvalue weighted by Crippen LogP contribution is -1.89. The SMILES string of the molecule is [C-]#[N+]CCc1cccc2c1ccn2C. The van der Waals surface area contributed by atoms with Gasteiger partial charge in [0.2, 0.25) is 6.54 Å². The Labute approximate surface area is 83.6 Å². The average molecular weight is 184 g/mol. The summed E-state index contributed by atoms with van der Waals surface area (Å²) in [6, 6.07) is 8.39. The van der Waals surface area contributed by atoms with Crippen molar-refractivity contribution in [2.75, 3.05) is 6.54 Å². The summed E-state index contributed by atoms with van der Waals surface area (Å²) < 4.78 is 2.11. The molecule has 1 aromatic carbocycles. The highest BCUT2D eigenvalue weighted by Crippen LogP contribution is 2.19. The lowest BCUT2D eigenvalue weighted by atomic mass is 10.1. The van der Waals surface area contributed by atoms with Gasteiger partial charge in [0.1, 0.15) is 0 Å². The number of hydrogen-bond acceptors (Lipinski definition) is 0. The quantitative estimate of drug-likeness (QED) is 0.635. The first-order valence-electron chi connectivity index (χ1n) is 4.69. The van der Waals surface area contributed by atoms with E-state index < -0.39 is 0 Å². The molecule has 1 aromatic heterocycles. The topological polar surface area (TPSA) is 9.29 Å². The van der Waals surface area contributed by atoms with E-state index in [1.807, 2.05) is 7.05 Å². The first-order valence-corrected chi connectivity index (χ1v) is 4.69. The molecule has 14 heavy (non-hydrogen) atoms. The molecule has 1 heterocycles. The summed E-state index contributed by atoms with van der Waals surface area (Å²) >= 11 is 0. The molecule has 0 aliphatic carbocycles. The predicted molar refractivity (Wildman–Crippen MR) is 58.1 cm³/mol. The van der Waals surface area contributed by atoms with Gasteiger partial charge in [-0.1, -0.05) is 12.1 Å². The summed E-state index contributed by atoms with van der Waals surface area (Å²) in [6.07, 6.45) is 2.91. The third-order valence-electron chi connectivity index (χ3n) is 2.51. The van der Waals surface area contributed by atoms with Crippen LogP contribution in [0, 0.1) is 6.57 Å². The second-order valence-electron chi connectivity index (χ2n) is 3.41. The first-order chi connectivity index (χ1) is 6.83. The Morgan fingerprint density at radius 1 is 1.36 bits per heavy atom. The summed E-state index contributed by atoms with van der Waals surface area (Å²) in [7, 11) is 2.04. The number of fused-ring (bicyclic) bond motifs is 1. The van der Waals surface area contributed by atoms with E-state index in [-0.39, 0.29) is 0 Å². The number of hydrogen-bond donors (Lipinski definition) is 0. The minimum atomic E-state index is 0.577. The zero-order chi connectivity index (χ0) is 9.97. The molecule has 0 atom stereocenters. The van der Waals surface area contributed by atoms with Crippen LogP contribution in [0.15, 0.2) is 30.5 Å². The minimum absolute atomic E-state index is 0.577. The maximum absolute atomic E-state index is 6.79. The smallest absolute Gasteiger partial charge is 0.218 e. The number of aryl methyl sites for hydroxylation is 1. The van der Waals surface area contributed by atoms with Crippen LogP contribution in [-0.2, 0) is 13.5 Å². The molecule has 70 valence electrons. The van der Waals surface area contributed by atoms with Crippen LogP contribution >= 0.6 is 0 Å². The Hall–Kier alpha value is -1.75. The molecule has 0 N–H and O–H groups in total. The molecule has 0 aliphatic rings. The molecule has 0 unspecified atom stereocenters. The molecule has 0 aliphatic heterocycles. The van der Waals surface area contributed by atoms with Gasteiger partial charge in [-0.2, -0.15) is 0 Å². The van der Waals surface area contributed by atoms with E-state index in [1.54, 1.807) is 0 Å². The van der Waals surface area contributed by atoms with Gasteiger partial charge in [-0.15, -0.1) is 0 Å². The number of rotatable bonds is 2. The largest absolute Gasteiger partial charge is 0.351 e. The van der Waals surface area contributed by atoms with Crippen LogP contribution in [0.3, 0.4) is 0 Å². The van der Waals surface area contributed by atoms with Crippen molar-refractivity contribution < 1.29 is 0 Å². The van der Waals surface area contributed by atoms with Crippen LogP contribution in [0.25, 0.3) is 15.7 Å². The number of nitrogens with zero attached hydrogens (tertiary/aromatic N) is 2. The Morgan fingerprint density at radius 2 is 2.21 bits per heavy atom. The van der Waals surface area contributed by atoms with Crippen LogP contribution in [0.1, 0.15) is 5.56 Å². The Bertz CT molecular complexity index is 488. The Balaban J connectivity index is 2.50. The van der Waals surface area contributed by atoms with Gasteiger partial charge in [0.25, 0.3) is 0 Å². The average Bonchev–Trinajstić information content (AvgIpc) is 2.58. The molecular weight excluding hydrogens is 172 g/mol. The highest BCUT2D eigenvalue weighted by molar-refractivity contribution is 5.83. The van der Waals surface area contributed by atoms with Gasteiger partial charge < -0.3 is 9.41 Å². The second-order valence-corrected chi connectivity index (χ2v) is 3.41. The third kappa shape index (κ3) is 1.38. The van der Waals surface area contributed by atoms with Crippen molar-refractivity contribution in [2.24, 2.45) is 7.05 Å². The van der Waals surface area contributed by atoms with Gasteiger partial charge in [-0.05, 0) is 17.7 Å². The van der Waals surface area contributed by atoms with E-state index in [0.29, 0.717) is 6.54 Å². The van der Waals surface area contributed by atoms with Gasteiger partial charge >= 0.3 is 0 Å². The van der Waals surface area contributed by atoms with Crippen molar-refractivity contribution in [3.05, 3.63) is 47.4 Å². The van der Waals surface area contributed by atoms with Crippen LogP contribution in [-0.4, -0.2) is 11.1 Å². The second kappa shape index (κ2) is 3.55. The van der Waals surface area contributed by atoms with Gasteiger partial charge in [0.15, 0.2) is 0 Å². The van der Waals surface area contributed by atoms with Crippen molar-refractivity contribution in [3.63, 3.8) is 0 Å². The predicted octanol–water partition coefficient (Wildman–Crippen LogP) is 2.64. The van der Waals surface area contributed by atoms with E-state index in [2.05, 4.69) is 39.9 Å². The van der Waals surface area contributed by atoms with E-state index in [4.69, 9.17) is 6.57 Å². The van der Waals surface area contributed by atoms with Crippen molar-refractivity contribution in [2.45, 2.75) is 6.42 Å². The molecule has 2 rings (SSSR count). The molecule has 2 aromatic rings. The zero-order valence-corrected chi connectivity index (χ0v) is 8.20. The maximum Gasteiger partial charge on any atom is 0.218 e. The van der Waals surface area contributed by atoms with Gasteiger partial charge in [0, 0.05) is 30.6 Å². The molecule has 0 amide bonds. The van der Waals surface area contributed by atoms with Crippen LogP contribution in [0.4, 0.5) is 0 Å². The zero-order valence-electron chi connectivity index (χ0n) is 8.20. The lowest BCUT2D eigenvalue weighted by Gasteiger charge is -2.00. The molecule has 0 radical (unpaired) electrons. The third-order valence-corrected chi connectivity index (χ3v) is 2.51. The molecule has 0 fully saturated rings. The molecular formula is C12H12N2. The Morgan fingerprint density at radius 3 is 3.00 bits per heavy atom. The minimum Gasteiger partial charge on any atom is -0.351 e. The van der Waals surface area contributed by atoms with Gasteiger partial charge in [-0.25, -0.2) is 6.57 Å². The molecule has 2 heteroatoms. The number of aromatic nitrogens is 1. The standard InChI is InChI=1S/C12H12N2/c1-13-8-6-10-4-3-5-12-11(10)7-9-14(12)2/h3-5,7,9H,6,8H2,2H3. The summed E-state index contributed by atoms with van der Waals surface area (Å²) in [6.45, 7) is 7.36. The highest BCUT2D eigenvalue weighted by Gasteiger charge is 2.03. The molecule has 0 bridgehead atoms. The van der Waals surface area contributed by atoms with E-state index in [1.165, 1.54) is 16.5 Å². The fourth-order valence-electron chi connectivity index (χ4n) is 1.76. The molecule has 0 saturated heterocycles. The van der Waals surface area contributed by atoms with Gasteiger partial charge in [-0.3, -0.25) is 0 Å². The van der Waals surface area contributed by atoms with Crippen LogP contribution < -0.4 is 0 Å². The highest BCUT2D eigenvalue weighted by atomic mass is 14.9. The maximum atomic E-state index is 6.79. The van der Waals surface area contributed by atoms with E-state index >= 15 is 0 Å². The van der Waals surface area contributed by atoms with E-state index in [9.17, 15) is 0 Å². The Kier molecular flexibility index (Phi) is 2.24. The summed E-state index contributed by atoms with van der Waals surface area (Å²) in [5.41, 5.74) is 2.52. The van der Waals surface area contributed by atoms with Crippen LogP contribution in [0.2, 0.25) is 0 Å². The van der Waals surface area contributed by atoms with Crippen molar-refractivity contribution in [1.82, 2.24) is 4.57 Å². The monoisotopic (exact) mass is 184 g/mol. The fraction of sp³-hybridized carbons (Fsp3) is 0.250. The van der Waals surface area contributed by atoms with Crippen molar-refractivity contribution >= 4 is 10.9 Å². The summed E-state index contributed by atoms with van der Waals surface area (Å²) in [4.78, 5) is 3.39.